The molecule has 3 aromatic rings. The normalized spacial score (nSPS) is 10.8. The highest BCUT2D eigenvalue weighted by atomic mass is 79.9. The molecule has 0 amide bonds. The average Bonchev–Trinajstić information content (AvgIpc) is 2.82. The molecule has 2 heterocycles. The Morgan fingerprint density at radius 2 is 2.11 bits per heavy atom. The number of fused-ring (bicyclic) bond motifs is 1. The largest absolute Gasteiger partial charge is 0.270 e. The summed E-state index contributed by atoms with van der Waals surface area (Å²) in [6.07, 6.45) is 3.39. The van der Waals surface area contributed by atoms with Gasteiger partial charge < -0.3 is 0 Å². The van der Waals surface area contributed by atoms with Crippen LogP contribution in [0.1, 0.15) is 0 Å². The Hall–Kier alpha value is -2.28. The van der Waals surface area contributed by atoms with E-state index in [1.807, 2.05) is 12.1 Å². The van der Waals surface area contributed by atoms with Crippen LogP contribution in [-0.2, 0) is 0 Å². The fourth-order valence-electron chi connectivity index (χ4n) is 1.75. The van der Waals surface area contributed by atoms with Crippen molar-refractivity contribution < 1.29 is 4.92 Å². The predicted molar refractivity (Wildman–Crippen MR) is 73.2 cm³/mol. The van der Waals surface area contributed by atoms with E-state index < -0.39 is 4.92 Å². The summed E-state index contributed by atoms with van der Waals surface area (Å²) in [5.41, 5.74) is 0.742. The van der Waals surface area contributed by atoms with Gasteiger partial charge in [0, 0.05) is 34.4 Å². The first kappa shape index (κ1) is 11.8. The highest BCUT2D eigenvalue weighted by molar-refractivity contribution is 9.10. The molecule has 0 bridgehead atoms. The molecule has 6 nitrogen and oxygen atoms in total. The van der Waals surface area contributed by atoms with Crippen LogP contribution >= 0.6 is 15.9 Å². The van der Waals surface area contributed by atoms with Crippen LogP contribution in [0.3, 0.4) is 0 Å². The minimum absolute atomic E-state index is 0.0517. The van der Waals surface area contributed by atoms with E-state index in [4.69, 9.17) is 0 Å². The van der Waals surface area contributed by atoms with Gasteiger partial charge in [-0.2, -0.15) is 5.10 Å². The van der Waals surface area contributed by atoms with Gasteiger partial charge >= 0.3 is 0 Å². The highest BCUT2D eigenvalue weighted by Gasteiger charge is 2.09. The number of pyridine rings is 1. The van der Waals surface area contributed by atoms with Crippen LogP contribution in [0.25, 0.3) is 16.7 Å². The van der Waals surface area contributed by atoms with Crippen LogP contribution in [0.2, 0.25) is 0 Å². The Morgan fingerprint density at radius 3 is 2.79 bits per heavy atom. The zero-order valence-electron chi connectivity index (χ0n) is 9.52. The Bertz CT molecular complexity index is 767. The molecular weight excluding hydrogens is 312 g/mol. The Kier molecular flexibility index (Phi) is 2.75. The minimum atomic E-state index is -0.422. The summed E-state index contributed by atoms with van der Waals surface area (Å²) in [5, 5.41) is 15.8. The van der Waals surface area contributed by atoms with E-state index in [-0.39, 0.29) is 5.69 Å². The fourth-order valence-corrected chi connectivity index (χ4v) is 1.98. The smallest absolute Gasteiger partial charge is 0.258 e. The van der Waals surface area contributed by atoms with E-state index in [0.29, 0.717) is 16.7 Å². The number of non-ortho nitro benzene ring substituents is 1. The second-order valence-corrected chi connectivity index (χ2v) is 4.82. The summed E-state index contributed by atoms with van der Waals surface area (Å²) in [7, 11) is 0. The second-order valence-electron chi connectivity index (χ2n) is 3.91. The monoisotopic (exact) mass is 318 g/mol. The van der Waals surface area contributed by atoms with Crippen LogP contribution in [-0.4, -0.2) is 19.7 Å². The quantitative estimate of drug-likeness (QED) is 0.537. The van der Waals surface area contributed by atoms with Gasteiger partial charge in [-0.3, -0.25) is 10.1 Å². The highest BCUT2D eigenvalue weighted by Crippen LogP contribution is 2.21. The average molecular weight is 319 g/mol. The van der Waals surface area contributed by atoms with E-state index in [1.165, 1.54) is 12.1 Å². The molecule has 94 valence electrons. The molecule has 0 fully saturated rings. The molecule has 0 spiro atoms. The molecule has 0 saturated heterocycles. The molecule has 19 heavy (non-hydrogen) atoms. The zero-order chi connectivity index (χ0) is 13.4. The minimum Gasteiger partial charge on any atom is -0.258 e. The Balaban J connectivity index is 2.11. The number of nitro groups is 1. The maximum absolute atomic E-state index is 10.7. The number of halogens is 1. The maximum Gasteiger partial charge on any atom is 0.270 e. The Morgan fingerprint density at radius 1 is 1.26 bits per heavy atom. The standard InChI is InChI=1S/C12H7BrN4O2/c13-9-1-4-12(14-6-9)16-7-8-5-10(17(18)19)2-3-11(8)15-16/h1-7H. The van der Waals surface area contributed by atoms with Gasteiger partial charge in [0.15, 0.2) is 5.82 Å². The molecule has 0 aliphatic carbocycles. The number of hydrogen-bond donors (Lipinski definition) is 0. The number of hydrogen-bond acceptors (Lipinski definition) is 4. The van der Waals surface area contributed by atoms with Crippen LogP contribution in [0.5, 0.6) is 0 Å². The summed E-state index contributed by atoms with van der Waals surface area (Å²) >= 11 is 3.31. The van der Waals surface area contributed by atoms with Gasteiger partial charge in [0.1, 0.15) is 0 Å². The molecule has 7 heteroatoms. The van der Waals surface area contributed by atoms with Crippen molar-refractivity contribution in [1.82, 2.24) is 14.8 Å². The van der Waals surface area contributed by atoms with Crippen molar-refractivity contribution in [3.8, 4) is 5.82 Å². The lowest BCUT2D eigenvalue weighted by Crippen LogP contribution is -1.96. The molecule has 0 aliphatic heterocycles. The van der Waals surface area contributed by atoms with Crippen LogP contribution in [0, 0.1) is 10.1 Å². The molecule has 3 rings (SSSR count). The molecule has 0 aliphatic rings. The van der Waals surface area contributed by atoms with Gasteiger partial charge in [0.05, 0.1) is 10.4 Å². The van der Waals surface area contributed by atoms with Crippen molar-refractivity contribution >= 4 is 32.5 Å². The van der Waals surface area contributed by atoms with Crippen molar-refractivity contribution in [2.75, 3.05) is 0 Å². The summed E-state index contributed by atoms with van der Waals surface area (Å²) in [5.74, 6) is 0.655. The number of nitrogens with zero attached hydrogens (tertiary/aromatic N) is 4. The van der Waals surface area contributed by atoms with Gasteiger partial charge in [0.2, 0.25) is 0 Å². The fraction of sp³-hybridized carbons (Fsp3) is 0. The van der Waals surface area contributed by atoms with Crippen molar-refractivity contribution in [2.24, 2.45) is 0 Å². The summed E-state index contributed by atoms with van der Waals surface area (Å²) in [4.78, 5) is 14.5. The first-order valence-corrected chi connectivity index (χ1v) is 6.18. The molecule has 0 saturated carbocycles. The lowest BCUT2D eigenvalue weighted by atomic mass is 10.2. The third-order valence-electron chi connectivity index (χ3n) is 2.65. The third kappa shape index (κ3) is 2.19. The number of aromatic nitrogens is 3. The number of benzene rings is 1. The zero-order valence-corrected chi connectivity index (χ0v) is 11.1. The van der Waals surface area contributed by atoms with Gasteiger partial charge in [-0.05, 0) is 34.1 Å². The van der Waals surface area contributed by atoms with Gasteiger partial charge in [-0.1, -0.05) is 0 Å². The lowest BCUT2D eigenvalue weighted by molar-refractivity contribution is -0.384. The summed E-state index contributed by atoms with van der Waals surface area (Å²) in [6, 6.07) is 8.23. The number of nitro benzene ring substituents is 1. The predicted octanol–water partition coefficient (Wildman–Crippen LogP) is 3.09. The molecule has 0 unspecified atom stereocenters. The van der Waals surface area contributed by atoms with Gasteiger partial charge in [-0.15, -0.1) is 0 Å². The van der Waals surface area contributed by atoms with Crippen LogP contribution in [0.15, 0.2) is 47.2 Å². The molecular formula is C12H7BrN4O2. The van der Waals surface area contributed by atoms with Crippen LogP contribution in [0.4, 0.5) is 5.69 Å². The number of rotatable bonds is 2. The van der Waals surface area contributed by atoms with Crippen molar-refractivity contribution in [2.45, 2.75) is 0 Å². The third-order valence-corrected chi connectivity index (χ3v) is 3.11. The Labute approximate surface area is 116 Å². The summed E-state index contributed by atoms with van der Waals surface area (Å²) in [6.45, 7) is 0. The summed E-state index contributed by atoms with van der Waals surface area (Å²) < 4.78 is 2.48. The van der Waals surface area contributed by atoms with E-state index in [2.05, 4.69) is 26.0 Å². The topological polar surface area (TPSA) is 73.8 Å². The van der Waals surface area contributed by atoms with E-state index >= 15 is 0 Å². The van der Waals surface area contributed by atoms with Gasteiger partial charge in [-0.25, -0.2) is 9.67 Å². The van der Waals surface area contributed by atoms with Crippen LogP contribution < -0.4 is 0 Å². The first-order valence-electron chi connectivity index (χ1n) is 5.39. The van der Waals surface area contributed by atoms with Crippen molar-refractivity contribution in [1.29, 1.82) is 0 Å². The first-order chi connectivity index (χ1) is 9.13. The van der Waals surface area contributed by atoms with Gasteiger partial charge in [0.25, 0.3) is 5.69 Å². The molecule has 0 atom stereocenters. The molecule has 1 aromatic carbocycles. The SMILES string of the molecule is O=[N+]([O-])c1ccc2nn(-c3ccc(Br)cn3)cc2c1. The molecule has 2 aromatic heterocycles. The lowest BCUT2D eigenvalue weighted by Gasteiger charge is -1.98. The second kappa shape index (κ2) is 4.43. The van der Waals surface area contributed by atoms with E-state index in [9.17, 15) is 10.1 Å². The van der Waals surface area contributed by atoms with E-state index in [1.54, 1.807) is 23.1 Å². The van der Waals surface area contributed by atoms with Crippen molar-refractivity contribution in [3.05, 3.63) is 57.3 Å². The van der Waals surface area contributed by atoms with Crippen molar-refractivity contribution in [3.63, 3.8) is 0 Å². The van der Waals surface area contributed by atoms with E-state index in [0.717, 1.165) is 4.47 Å². The molecule has 0 radical (unpaired) electrons. The molecule has 0 N–H and O–H groups in total. The maximum atomic E-state index is 10.7.